The van der Waals surface area contributed by atoms with Crippen LogP contribution in [0.15, 0.2) is 51.5 Å². The van der Waals surface area contributed by atoms with E-state index in [1.165, 1.54) is 12.3 Å². The maximum atomic E-state index is 11.6. The summed E-state index contributed by atoms with van der Waals surface area (Å²) in [4.78, 5) is 11.6. The molecule has 0 radical (unpaired) electrons. The third kappa shape index (κ3) is 2.95. The summed E-state index contributed by atoms with van der Waals surface area (Å²) in [6, 6.07) is 10.2. The molecule has 6 nitrogen and oxygen atoms in total. The smallest absolute Gasteiger partial charge is 0.374 e. The Morgan fingerprint density at radius 1 is 1.19 bits per heavy atom. The van der Waals surface area contributed by atoms with Gasteiger partial charge in [0.1, 0.15) is 0 Å². The van der Waals surface area contributed by atoms with Gasteiger partial charge in [0.2, 0.25) is 11.7 Å². The van der Waals surface area contributed by atoms with Gasteiger partial charge in [-0.3, -0.25) is 0 Å². The number of carbonyl (C=O) groups is 1. The van der Waals surface area contributed by atoms with Gasteiger partial charge in [0.15, 0.2) is 6.61 Å². The van der Waals surface area contributed by atoms with Gasteiger partial charge in [-0.05, 0) is 24.3 Å². The summed E-state index contributed by atoms with van der Waals surface area (Å²) in [6.45, 7) is -0.142. The number of nitrogens with zero attached hydrogens (tertiary/aromatic N) is 2. The predicted molar refractivity (Wildman–Crippen MR) is 72.6 cm³/mol. The molecule has 0 bridgehead atoms. The minimum Gasteiger partial charge on any atom is -0.457 e. The fraction of sp³-hybridized carbons (Fsp3) is 0.0714. The van der Waals surface area contributed by atoms with Gasteiger partial charge in [-0.25, -0.2) is 4.79 Å². The number of hydrogen-bond donors (Lipinski definition) is 0. The van der Waals surface area contributed by atoms with Crippen LogP contribution in [0.4, 0.5) is 0 Å². The largest absolute Gasteiger partial charge is 0.457 e. The third-order valence-corrected chi connectivity index (χ3v) is 2.95. The first-order chi connectivity index (χ1) is 10.2. The zero-order valence-electron chi connectivity index (χ0n) is 10.7. The van der Waals surface area contributed by atoms with Crippen molar-refractivity contribution in [2.75, 3.05) is 0 Å². The lowest BCUT2D eigenvalue weighted by molar-refractivity contribution is 0.0402. The van der Waals surface area contributed by atoms with E-state index in [2.05, 4.69) is 10.2 Å². The SMILES string of the molecule is O=C(OCc1nnc(-c2ccccc2Cl)o1)c1ccco1. The molecule has 0 amide bonds. The molecule has 0 spiro atoms. The highest BCUT2D eigenvalue weighted by Gasteiger charge is 2.15. The molecule has 0 aliphatic rings. The summed E-state index contributed by atoms with van der Waals surface area (Å²) in [7, 11) is 0. The van der Waals surface area contributed by atoms with E-state index >= 15 is 0 Å². The molecule has 0 saturated heterocycles. The minimum absolute atomic E-state index is 0.112. The van der Waals surface area contributed by atoms with Gasteiger partial charge < -0.3 is 13.6 Å². The molecule has 0 fully saturated rings. The Labute approximate surface area is 124 Å². The molecular weight excluding hydrogens is 296 g/mol. The normalized spacial score (nSPS) is 10.5. The monoisotopic (exact) mass is 304 g/mol. The van der Waals surface area contributed by atoms with Gasteiger partial charge in [0, 0.05) is 0 Å². The van der Waals surface area contributed by atoms with Crippen molar-refractivity contribution in [1.82, 2.24) is 10.2 Å². The zero-order valence-corrected chi connectivity index (χ0v) is 11.4. The first kappa shape index (κ1) is 13.4. The summed E-state index contributed by atoms with van der Waals surface area (Å²) < 4.78 is 15.3. The highest BCUT2D eigenvalue weighted by molar-refractivity contribution is 6.33. The van der Waals surface area contributed by atoms with E-state index in [1.807, 2.05) is 6.07 Å². The summed E-state index contributed by atoms with van der Waals surface area (Å²) in [5.74, 6) is -0.0483. The summed E-state index contributed by atoms with van der Waals surface area (Å²) in [5, 5.41) is 8.18. The molecule has 1 aromatic carbocycles. The maximum absolute atomic E-state index is 11.6. The van der Waals surface area contributed by atoms with Crippen LogP contribution >= 0.6 is 11.6 Å². The number of aromatic nitrogens is 2. The summed E-state index contributed by atoms with van der Waals surface area (Å²) in [5.41, 5.74) is 0.621. The van der Waals surface area contributed by atoms with Crippen LogP contribution in [0.3, 0.4) is 0 Å². The van der Waals surface area contributed by atoms with Gasteiger partial charge in [0.25, 0.3) is 5.89 Å². The lowest BCUT2D eigenvalue weighted by Crippen LogP contribution is -2.04. The van der Waals surface area contributed by atoms with Gasteiger partial charge in [-0.1, -0.05) is 23.7 Å². The van der Waals surface area contributed by atoms with E-state index in [0.717, 1.165) is 0 Å². The molecule has 7 heteroatoms. The second-order valence-electron chi connectivity index (χ2n) is 4.03. The van der Waals surface area contributed by atoms with E-state index in [4.69, 9.17) is 25.2 Å². The highest BCUT2D eigenvalue weighted by Crippen LogP contribution is 2.26. The molecular formula is C14H9ClN2O4. The zero-order chi connectivity index (χ0) is 14.7. The Kier molecular flexibility index (Phi) is 3.70. The van der Waals surface area contributed by atoms with Crippen molar-refractivity contribution in [3.8, 4) is 11.5 Å². The Bertz CT molecular complexity index is 752. The van der Waals surface area contributed by atoms with Crippen LogP contribution in [-0.4, -0.2) is 16.2 Å². The van der Waals surface area contributed by atoms with Gasteiger partial charge in [-0.15, -0.1) is 10.2 Å². The lowest BCUT2D eigenvalue weighted by Gasteiger charge is -1.99. The van der Waals surface area contributed by atoms with Crippen LogP contribution in [0.2, 0.25) is 5.02 Å². The number of hydrogen-bond acceptors (Lipinski definition) is 6. The fourth-order valence-corrected chi connectivity index (χ4v) is 1.87. The third-order valence-electron chi connectivity index (χ3n) is 2.62. The van der Waals surface area contributed by atoms with Crippen molar-refractivity contribution < 1.29 is 18.4 Å². The molecule has 0 aliphatic carbocycles. The standard InChI is InChI=1S/C14H9ClN2O4/c15-10-5-2-1-4-9(10)13-17-16-12(21-13)8-20-14(18)11-6-3-7-19-11/h1-7H,8H2. The Morgan fingerprint density at radius 3 is 2.81 bits per heavy atom. The minimum atomic E-state index is -0.600. The number of furan rings is 1. The van der Waals surface area contributed by atoms with Crippen LogP contribution in [0.25, 0.3) is 11.5 Å². The van der Waals surface area contributed by atoms with E-state index in [9.17, 15) is 4.79 Å². The lowest BCUT2D eigenvalue weighted by atomic mass is 10.2. The van der Waals surface area contributed by atoms with E-state index in [-0.39, 0.29) is 24.1 Å². The molecule has 0 atom stereocenters. The number of esters is 1. The average Bonchev–Trinajstić information content (AvgIpc) is 3.17. The van der Waals surface area contributed by atoms with Crippen LogP contribution in [0.1, 0.15) is 16.4 Å². The van der Waals surface area contributed by atoms with Crippen molar-refractivity contribution in [1.29, 1.82) is 0 Å². The second kappa shape index (κ2) is 5.80. The number of benzene rings is 1. The second-order valence-corrected chi connectivity index (χ2v) is 4.44. The Hall–Kier alpha value is -2.60. The maximum Gasteiger partial charge on any atom is 0.374 e. The molecule has 0 saturated carbocycles. The van der Waals surface area contributed by atoms with Crippen molar-refractivity contribution in [3.05, 3.63) is 59.3 Å². The molecule has 0 unspecified atom stereocenters. The first-order valence-electron chi connectivity index (χ1n) is 6.02. The predicted octanol–water partition coefficient (Wildman–Crippen LogP) is 3.34. The van der Waals surface area contributed by atoms with Crippen LogP contribution in [0, 0.1) is 0 Å². The van der Waals surface area contributed by atoms with E-state index in [0.29, 0.717) is 10.6 Å². The number of halogens is 1. The first-order valence-corrected chi connectivity index (χ1v) is 6.40. The summed E-state index contributed by atoms with van der Waals surface area (Å²) in [6.07, 6.45) is 1.39. The van der Waals surface area contributed by atoms with Crippen molar-refractivity contribution >= 4 is 17.6 Å². The van der Waals surface area contributed by atoms with E-state index < -0.39 is 5.97 Å². The average molecular weight is 305 g/mol. The molecule has 2 aromatic heterocycles. The van der Waals surface area contributed by atoms with Crippen LogP contribution in [-0.2, 0) is 11.3 Å². The molecule has 3 rings (SSSR count). The van der Waals surface area contributed by atoms with Crippen LogP contribution in [0.5, 0.6) is 0 Å². The summed E-state index contributed by atoms with van der Waals surface area (Å²) >= 11 is 6.04. The van der Waals surface area contributed by atoms with Crippen molar-refractivity contribution in [2.24, 2.45) is 0 Å². The molecule has 0 aliphatic heterocycles. The molecule has 0 N–H and O–H groups in total. The van der Waals surface area contributed by atoms with Crippen molar-refractivity contribution in [3.63, 3.8) is 0 Å². The number of ether oxygens (including phenoxy) is 1. The van der Waals surface area contributed by atoms with E-state index in [1.54, 1.807) is 24.3 Å². The molecule has 21 heavy (non-hydrogen) atoms. The van der Waals surface area contributed by atoms with Crippen molar-refractivity contribution in [2.45, 2.75) is 6.61 Å². The fourth-order valence-electron chi connectivity index (χ4n) is 1.65. The van der Waals surface area contributed by atoms with Gasteiger partial charge in [0.05, 0.1) is 16.8 Å². The molecule has 106 valence electrons. The Morgan fingerprint density at radius 2 is 2.05 bits per heavy atom. The van der Waals surface area contributed by atoms with Gasteiger partial charge in [-0.2, -0.15) is 0 Å². The molecule has 3 aromatic rings. The Balaban J connectivity index is 1.69. The van der Waals surface area contributed by atoms with Crippen LogP contribution < -0.4 is 0 Å². The topological polar surface area (TPSA) is 78.4 Å². The van der Waals surface area contributed by atoms with Gasteiger partial charge >= 0.3 is 5.97 Å². The molecule has 2 heterocycles. The quantitative estimate of drug-likeness (QED) is 0.688. The number of rotatable bonds is 4. The number of carbonyl (C=O) groups excluding carboxylic acids is 1. The highest BCUT2D eigenvalue weighted by atomic mass is 35.5.